The Morgan fingerprint density at radius 1 is 0.222 bits per heavy atom. The summed E-state index contributed by atoms with van der Waals surface area (Å²) in [7, 11) is 0. The van der Waals surface area contributed by atoms with Crippen LogP contribution in [-0.4, -0.2) is 0 Å². The molecule has 254 valence electrons. The third-order valence-corrected chi connectivity index (χ3v) is 9.68. The molecule has 0 aromatic heterocycles. The Bertz CT molecular complexity index is 2400. The maximum absolute atomic E-state index is 9.45. The van der Waals surface area contributed by atoms with E-state index in [2.05, 4.69) is 133 Å². The van der Waals surface area contributed by atoms with Crippen LogP contribution in [0.4, 0.5) is 0 Å². The van der Waals surface area contributed by atoms with Gasteiger partial charge in [-0.15, -0.1) is 0 Å². The van der Waals surface area contributed by atoms with Gasteiger partial charge in [0.1, 0.15) is 0 Å². The van der Waals surface area contributed by atoms with Crippen LogP contribution in [0.2, 0.25) is 0 Å². The lowest BCUT2D eigenvalue weighted by atomic mass is 9.93. The Kier molecular flexibility index (Phi) is 10.5. The molecule has 0 aliphatic heterocycles. The maximum Gasteiger partial charge on any atom is 0.0669 e. The van der Waals surface area contributed by atoms with Crippen LogP contribution >= 0.6 is 0 Å². The average Bonchev–Trinajstić information content (AvgIpc) is 3.22. The summed E-state index contributed by atoms with van der Waals surface area (Å²) in [4.78, 5) is 0. The van der Waals surface area contributed by atoms with Crippen LogP contribution in [-0.2, 0) is 25.7 Å². The molecule has 0 aliphatic carbocycles. The Labute approximate surface area is 316 Å². The summed E-state index contributed by atoms with van der Waals surface area (Å²) in [5, 5.41) is 37.0. The highest BCUT2D eigenvalue weighted by molar-refractivity contribution is 5.79. The molecule has 0 saturated carbocycles. The van der Waals surface area contributed by atoms with Crippen LogP contribution < -0.4 is 0 Å². The fourth-order valence-electron chi connectivity index (χ4n) is 6.82. The second kappa shape index (κ2) is 16.2. The SMILES string of the molecule is N#CCc1ccc(-c2cc(CC#N)cc(-c3ccc(-c4ccc(-c5ccc(-c6cc(CC#N)cc(-c7ccc(CC#N)cc7)c6)cc5)cc4)cc3)c2)cc1. The minimum atomic E-state index is 0.331. The molecule has 4 nitrogen and oxygen atoms in total. The van der Waals surface area contributed by atoms with Gasteiger partial charge in [0.25, 0.3) is 0 Å². The molecule has 4 heteroatoms. The Balaban J connectivity index is 1.09. The highest BCUT2D eigenvalue weighted by Gasteiger charge is 2.10. The van der Waals surface area contributed by atoms with Gasteiger partial charge in [-0.05, 0) is 101 Å². The van der Waals surface area contributed by atoms with Crippen LogP contribution in [0, 0.1) is 45.3 Å². The number of benzene rings is 7. The molecule has 0 spiro atoms. The van der Waals surface area contributed by atoms with Crippen molar-refractivity contribution in [2.24, 2.45) is 0 Å². The molecule has 7 aromatic rings. The number of hydrogen-bond donors (Lipinski definition) is 0. The molecule has 0 radical (unpaired) electrons. The molecule has 54 heavy (non-hydrogen) atoms. The van der Waals surface area contributed by atoms with Gasteiger partial charge in [-0.2, -0.15) is 21.0 Å². The Morgan fingerprint density at radius 2 is 0.407 bits per heavy atom. The standard InChI is InChI=1S/C50H34N4/c51-25-21-35-1-5-43(6-2-35)47-29-37(23-27-53)31-49(33-47)45-17-13-41(14-18-45)39-9-11-40(12-10-39)42-15-19-46(20-16-42)50-32-38(24-28-54)30-48(34-50)44-7-3-36(4-8-44)22-26-52/h1-20,29-34H,21-24H2. The number of hydrogen-bond acceptors (Lipinski definition) is 4. The highest BCUT2D eigenvalue weighted by atomic mass is 14.2. The van der Waals surface area contributed by atoms with E-state index >= 15 is 0 Å². The van der Waals surface area contributed by atoms with Crippen molar-refractivity contribution in [2.75, 3.05) is 0 Å². The quantitative estimate of drug-likeness (QED) is 0.143. The summed E-state index contributed by atoms with van der Waals surface area (Å²) in [5.41, 5.74) is 16.9. The lowest BCUT2D eigenvalue weighted by molar-refractivity contribution is 1.26. The van der Waals surface area contributed by atoms with E-state index in [9.17, 15) is 10.5 Å². The van der Waals surface area contributed by atoms with Crippen molar-refractivity contribution in [1.29, 1.82) is 21.0 Å². The van der Waals surface area contributed by atoms with Gasteiger partial charge in [0.05, 0.1) is 50.0 Å². The first-order valence-electron chi connectivity index (χ1n) is 17.8. The van der Waals surface area contributed by atoms with E-state index in [4.69, 9.17) is 10.5 Å². The van der Waals surface area contributed by atoms with E-state index < -0.39 is 0 Å². The molecular weight excluding hydrogens is 657 g/mol. The number of nitriles is 4. The topological polar surface area (TPSA) is 95.2 Å². The molecule has 0 aliphatic rings. The predicted octanol–water partition coefficient (Wildman–Crippen LogP) is 12.0. The van der Waals surface area contributed by atoms with E-state index in [1.165, 1.54) is 0 Å². The molecule has 0 bridgehead atoms. The fraction of sp³-hybridized carbons (Fsp3) is 0.0800. The normalized spacial score (nSPS) is 10.4. The van der Waals surface area contributed by atoms with E-state index in [-0.39, 0.29) is 0 Å². The first kappa shape index (κ1) is 34.9. The van der Waals surface area contributed by atoms with Crippen molar-refractivity contribution >= 4 is 0 Å². The summed E-state index contributed by atoms with van der Waals surface area (Å²) in [6.07, 6.45) is 1.43. The highest BCUT2D eigenvalue weighted by Crippen LogP contribution is 2.33. The van der Waals surface area contributed by atoms with E-state index in [0.29, 0.717) is 25.7 Å². The zero-order valence-electron chi connectivity index (χ0n) is 29.6. The van der Waals surface area contributed by atoms with E-state index in [1.807, 2.05) is 48.5 Å². The van der Waals surface area contributed by atoms with Crippen LogP contribution in [0.15, 0.2) is 158 Å². The Morgan fingerprint density at radius 3 is 0.630 bits per heavy atom. The van der Waals surface area contributed by atoms with Gasteiger partial charge in [0, 0.05) is 0 Å². The lowest BCUT2D eigenvalue weighted by Gasteiger charge is -2.11. The van der Waals surface area contributed by atoms with Gasteiger partial charge in [0.15, 0.2) is 0 Å². The molecule has 7 aromatic carbocycles. The van der Waals surface area contributed by atoms with Gasteiger partial charge in [-0.1, -0.05) is 146 Å². The second-order valence-corrected chi connectivity index (χ2v) is 13.3. The van der Waals surface area contributed by atoms with Crippen molar-refractivity contribution in [3.05, 3.63) is 180 Å². The molecule has 0 N–H and O–H groups in total. The molecule has 0 amide bonds. The second-order valence-electron chi connectivity index (χ2n) is 13.3. The van der Waals surface area contributed by atoms with Crippen LogP contribution in [0.3, 0.4) is 0 Å². The van der Waals surface area contributed by atoms with Crippen molar-refractivity contribution in [3.8, 4) is 91.0 Å². The molecule has 0 unspecified atom stereocenters. The molecule has 7 rings (SSSR count). The minimum absolute atomic E-state index is 0.331. The van der Waals surface area contributed by atoms with Gasteiger partial charge >= 0.3 is 0 Å². The van der Waals surface area contributed by atoms with Crippen molar-refractivity contribution in [3.63, 3.8) is 0 Å². The fourth-order valence-corrected chi connectivity index (χ4v) is 6.82. The van der Waals surface area contributed by atoms with Crippen LogP contribution in [0.1, 0.15) is 22.3 Å². The zero-order chi connectivity index (χ0) is 37.3. The van der Waals surface area contributed by atoms with Crippen molar-refractivity contribution < 1.29 is 0 Å². The summed E-state index contributed by atoms with van der Waals surface area (Å²) in [6.45, 7) is 0. The molecule has 0 heterocycles. The minimum Gasteiger partial charge on any atom is -0.198 e. The lowest BCUT2D eigenvalue weighted by Crippen LogP contribution is -1.89. The van der Waals surface area contributed by atoms with Crippen molar-refractivity contribution in [2.45, 2.75) is 25.7 Å². The third-order valence-electron chi connectivity index (χ3n) is 9.68. The zero-order valence-corrected chi connectivity index (χ0v) is 29.6. The summed E-state index contributed by atoms with van der Waals surface area (Å²) >= 11 is 0. The van der Waals surface area contributed by atoms with Crippen molar-refractivity contribution in [1.82, 2.24) is 0 Å². The van der Waals surface area contributed by atoms with E-state index in [0.717, 1.165) is 89.0 Å². The first-order valence-corrected chi connectivity index (χ1v) is 17.8. The Hall–Kier alpha value is -7.50. The molecule has 0 atom stereocenters. The number of rotatable bonds is 10. The monoisotopic (exact) mass is 690 g/mol. The summed E-state index contributed by atoms with van der Waals surface area (Å²) in [6, 6.07) is 63.4. The smallest absolute Gasteiger partial charge is 0.0669 e. The third kappa shape index (κ3) is 8.01. The summed E-state index contributed by atoms with van der Waals surface area (Å²) < 4.78 is 0. The first-order chi connectivity index (χ1) is 26.5. The molecule has 0 saturated heterocycles. The summed E-state index contributed by atoms with van der Waals surface area (Å²) in [5.74, 6) is 0. The van der Waals surface area contributed by atoms with Gasteiger partial charge in [0.2, 0.25) is 0 Å². The predicted molar refractivity (Wildman–Crippen MR) is 216 cm³/mol. The maximum atomic E-state index is 9.45. The van der Waals surface area contributed by atoms with Gasteiger partial charge in [-0.25, -0.2) is 0 Å². The van der Waals surface area contributed by atoms with Gasteiger partial charge in [-0.3, -0.25) is 0 Å². The molecular formula is C50H34N4. The van der Waals surface area contributed by atoms with Crippen LogP contribution in [0.25, 0.3) is 66.8 Å². The van der Waals surface area contributed by atoms with Crippen LogP contribution in [0.5, 0.6) is 0 Å². The van der Waals surface area contributed by atoms with Gasteiger partial charge < -0.3 is 0 Å². The number of nitrogens with zero attached hydrogens (tertiary/aromatic N) is 4. The average molecular weight is 691 g/mol. The van der Waals surface area contributed by atoms with E-state index in [1.54, 1.807) is 0 Å². The molecule has 0 fully saturated rings. The largest absolute Gasteiger partial charge is 0.198 e.